The van der Waals surface area contributed by atoms with Crippen molar-refractivity contribution in [3.05, 3.63) is 71.0 Å². The van der Waals surface area contributed by atoms with Crippen LogP contribution >= 0.6 is 11.5 Å². The number of nitriles is 1. The van der Waals surface area contributed by atoms with Crippen LogP contribution in [-0.4, -0.2) is 35.0 Å². The van der Waals surface area contributed by atoms with Crippen LogP contribution in [-0.2, 0) is 6.42 Å². The van der Waals surface area contributed by atoms with Crippen LogP contribution in [0.25, 0.3) is 0 Å². The summed E-state index contributed by atoms with van der Waals surface area (Å²) in [6.07, 6.45) is 2.75. The van der Waals surface area contributed by atoms with Gasteiger partial charge in [0, 0.05) is 43.3 Å². The summed E-state index contributed by atoms with van der Waals surface area (Å²) in [7, 11) is 0. The monoisotopic (exact) mass is 446 g/mol. The molecule has 8 heteroatoms. The molecule has 4 rings (SSSR count). The lowest BCUT2D eigenvalue weighted by atomic mass is 9.97. The highest BCUT2D eigenvalue weighted by Crippen LogP contribution is 2.25. The third-order valence-electron chi connectivity index (χ3n) is 5.63. The van der Waals surface area contributed by atoms with Crippen LogP contribution in [0.4, 0.5) is 15.6 Å². The number of aryl methyl sites for hydroxylation is 1. The number of aromatic nitrogens is 2. The predicted molar refractivity (Wildman–Crippen MR) is 127 cm³/mol. The van der Waals surface area contributed by atoms with Crippen LogP contribution in [0.1, 0.15) is 35.4 Å². The molecule has 0 unspecified atom stereocenters. The van der Waals surface area contributed by atoms with Crippen molar-refractivity contribution in [2.45, 2.75) is 26.2 Å². The summed E-state index contributed by atoms with van der Waals surface area (Å²) in [5.74, 6) is 1.30. The molecule has 0 bridgehead atoms. The second-order valence-electron chi connectivity index (χ2n) is 8.11. The number of piperidine rings is 1. The van der Waals surface area contributed by atoms with Crippen LogP contribution in [0, 0.1) is 24.2 Å². The zero-order chi connectivity index (χ0) is 22.3. The minimum atomic E-state index is -0.243. The van der Waals surface area contributed by atoms with E-state index in [4.69, 9.17) is 10.2 Å². The molecule has 1 aliphatic heterocycles. The number of nitrogens with one attached hydrogen (secondary N) is 2. The van der Waals surface area contributed by atoms with Gasteiger partial charge in [0.25, 0.3) is 0 Å². The molecule has 7 nitrogen and oxygen atoms in total. The molecular formula is C24H26N6OS. The van der Waals surface area contributed by atoms with E-state index in [1.54, 1.807) is 24.3 Å². The summed E-state index contributed by atoms with van der Waals surface area (Å²) >= 11 is 1.46. The first-order valence-electron chi connectivity index (χ1n) is 10.8. The van der Waals surface area contributed by atoms with Gasteiger partial charge in [-0.15, -0.1) is 0 Å². The Bertz CT molecular complexity index is 1100. The Morgan fingerprint density at radius 2 is 2.00 bits per heavy atom. The van der Waals surface area contributed by atoms with Crippen molar-refractivity contribution >= 4 is 28.4 Å². The van der Waals surface area contributed by atoms with E-state index in [1.807, 2.05) is 0 Å². The number of carbonyl (C=O) groups is 1. The Morgan fingerprint density at radius 3 is 2.75 bits per heavy atom. The Kier molecular flexibility index (Phi) is 6.97. The summed E-state index contributed by atoms with van der Waals surface area (Å²) in [5.41, 5.74) is 3.62. The van der Waals surface area contributed by atoms with E-state index in [2.05, 4.69) is 57.2 Å². The standard InChI is InChI=1S/C24H26N6OS/c1-17-5-7-18(8-6-17)14-22-28-24(32-29-22)30-11-9-19(10-12-30)16-26-23(31)27-21-4-2-3-20(13-21)15-25/h2-8,13,19H,9-12,14,16H2,1H3,(H2,26,27,31). The lowest BCUT2D eigenvalue weighted by molar-refractivity contribution is 0.248. The van der Waals surface area contributed by atoms with Crippen molar-refractivity contribution in [3.63, 3.8) is 0 Å². The molecule has 1 saturated heterocycles. The molecule has 0 spiro atoms. The minimum Gasteiger partial charge on any atom is -0.347 e. The van der Waals surface area contributed by atoms with Gasteiger partial charge in [0.1, 0.15) is 5.82 Å². The molecule has 164 valence electrons. The molecule has 3 aromatic rings. The zero-order valence-electron chi connectivity index (χ0n) is 18.0. The zero-order valence-corrected chi connectivity index (χ0v) is 18.9. The average Bonchev–Trinajstić information content (AvgIpc) is 3.28. The van der Waals surface area contributed by atoms with Gasteiger partial charge in [-0.2, -0.15) is 9.64 Å². The molecule has 2 heterocycles. The van der Waals surface area contributed by atoms with E-state index in [-0.39, 0.29) is 6.03 Å². The summed E-state index contributed by atoms with van der Waals surface area (Å²) in [4.78, 5) is 19.2. The fraction of sp³-hybridized carbons (Fsp3) is 0.333. The van der Waals surface area contributed by atoms with Crippen LogP contribution in [0.2, 0.25) is 0 Å². The maximum Gasteiger partial charge on any atom is 0.319 e. The second kappa shape index (κ2) is 10.2. The first-order valence-corrected chi connectivity index (χ1v) is 11.5. The first-order chi connectivity index (χ1) is 15.6. The maximum absolute atomic E-state index is 12.2. The number of carbonyl (C=O) groups excluding carboxylic acids is 1. The van der Waals surface area contributed by atoms with E-state index in [1.165, 1.54) is 22.7 Å². The second-order valence-corrected chi connectivity index (χ2v) is 8.84. The van der Waals surface area contributed by atoms with Crippen molar-refractivity contribution in [1.29, 1.82) is 5.26 Å². The molecule has 2 amide bonds. The van der Waals surface area contributed by atoms with Crippen molar-refractivity contribution in [2.75, 3.05) is 29.9 Å². The number of rotatable bonds is 6. The number of nitrogens with zero attached hydrogens (tertiary/aromatic N) is 4. The summed E-state index contributed by atoms with van der Waals surface area (Å²) in [6, 6.07) is 17.2. The van der Waals surface area contributed by atoms with E-state index in [0.717, 1.165) is 43.3 Å². The third-order valence-corrected chi connectivity index (χ3v) is 6.44. The maximum atomic E-state index is 12.2. The highest BCUT2D eigenvalue weighted by molar-refractivity contribution is 7.09. The number of amides is 2. The highest BCUT2D eigenvalue weighted by atomic mass is 32.1. The van der Waals surface area contributed by atoms with E-state index < -0.39 is 0 Å². The largest absolute Gasteiger partial charge is 0.347 e. The Morgan fingerprint density at radius 1 is 1.22 bits per heavy atom. The fourth-order valence-electron chi connectivity index (χ4n) is 3.74. The number of benzene rings is 2. The van der Waals surface area contributed by atoms with Crippen molar-refractivity contribution in [3.8, 4) is 6.07 Å². The topological polar surface area (TPSA) is 93.9 Å². The SMILES string of the molecule is Cc1ccc(Cc2nsc(N3CCC(CNC(=O)Nc4cccc(C#N)c4)CC3)n2)cc1. The van der Waals surface area contributed by atoms with Crippen LogP contribution in [0.3, 0.4) is 0 Å². The lowest BCUT2D eigenvalue weighted by Crippen LogP contribution is -2.39. The van der Waals surface area contributed by atoms with Gasteiger partial charge in [0.15, 0.2) is 0 Å². The van der Waals surface area contributed by atoms with Gasteiger partial charge in [-0.25, -0.2) is 9.78 Å². The smallest absolute Gasteiger partial charge is 0.319 e. The normalized spacial score (nSPS) is 14.1. The molecule has 1 aromatic heterocycles. The van der Waals surface area contributed by atoms with Gasteiger partial charge < -0.3 is 15.5 Å². The van der Waals surface area contributed by atoms with E-state index in [9.17, 15) is 4.79 Å². The third kappa shape index (κ3) is 5.83. The van der Waals surface area contributed by atoms with Crippen LogP contribution < -0.4 is 15.5 Å². The molecular weight excluding hydrogens is 420 g/mol. The Hall–Kier alpha value is -3.44. The summed E-state index contributed by atoms with van der Waals surface area (Å²) < 4.78 is 4.54. The van der Waals surface area contributed by atoms with Gasteiger partial charge in [0.05, 0.1) is 11.6 Å². The first kappa shape index (κ1) is 21.8. The van der Waals surface area contributed by atoms with E-state index >= 15 is 0 Å². The molecule has 0 atom stereocenters. The lowest BCUT2D eigenvalue weighted by Gasteiger charge is -2.31. The summed E-state index contributed by atoms with van der Waals surface area (Å²) in [6.45, 7) is 4.55. The molecule has 0 aliphatic carbocycles. The number of anilines is 2. The number of urea groups is 1. The number of hydrogen-bond donors (Lipinski definition) is 2. The van der Waals surface area contributed by atoms with Gasteiger partial charge in [0.2, 0.25) is 5.13 Å². The molecule has 0 radical (unpaired) electrons. The number of hydrogen-bond acceptors (Lipinski definition) is 6. The van der Waals surface area contributed by atoms with Crippen molar-refractivity contribution < 1.29 is 4.79 Å². The minimum absolute atomic E-state index is 0.243. The van der Waals surface area contributed by atoms with Crippen LogP contribution in [0.15, 0.2) is 48.5 Å². The molecule has 1 fully saturated rings. The quantitative estimate of drug-likeness (QED) is 0.587. The van der Waals surface area contributed by atoms with Crippen molar-refractivity contribution in [1.82, 2.24) is 14.7 Å². The summed E-state index contributed by atoms with van der Waals surface area (Å²) in [5, 5.41) is 15.7. The van der Waals surface area contributed by atoms with Gasteiger partial charge >= 0.3 is 6.03 Å². The highest BCUT2D eigenvalue weighted by Gasteiger charge is 2.22. The average molecular weight is 447 g/mol. The van der Waals surface area contributed by atoms with E-state index in [0.29, 0.717) is 23.7 Å². The molecule has 2 N–H and O–H groups in total. The molecule has 1 aliphatic rings. The fourth-order valence-corrected chi connectivity index (χ4v) is 4.48. The van der Waals surface area contributed by atoms with Crippen molar-refractivity contribution in [2.24, 2.45) is 5.92 Å². The Balaban J connectivity index is 1.21. The van der Waals surface area contributed by atoms with Gasteiger partial charge in [-0.1, -0.05) is 35.9 Å². The molecule has 2 aromatic carbocycles. The predicted octanol–water partition coefficient (Wildman–Crippen LogP) is 4.35. The molecule has 32 heavy (non-hydrogen) atoms. The van der Waals surface area contributed by atoms with Gasteiger partial charge in [-0.05, 0) is 49.4 Å². The Labute approximate surface area is 192 Å². The molecule has 0 saturated carbocycles. The van der Waals surface area contributed by atoms with Gasteiger partial charge in [-0.3, -0.25) is 0 Å². The van der Waals surface area contributed by atoms with Crippen LogP contribution in [0.5, 0.6) is 0 Å².